The van der Waals surface area contributed by atoms with Crippen LogP contribution in [0.1, 0.15) is 16.8 Å². The van der Waals surface area contributed by atoms with Crippen molar-refractivity contribution in [2.45, 2.75) is 19.9 Å². The molecule has 1 aromatic heterocycles. The monoisotopic (exact) mass is 258 g/mol. The number of halogens is 1. The van der Waals surface area contributed by atoms with Crippen LogP contribution in [0.2, 0.25) is 5.15 Å². The van der Waals surface area contributed by atoms with Crippen LogP contribution in [0.5, 0.6) is 0 Å². The Bertz CT molecular complexity index is 580. The molecule has 1 aromatic carbocycles. The third kappa shape index (κ3) is 2.21. The molecule has 0 saturated heterocycles. The number of hydrogen-bond acceptors (Lipinski definition) is 2. The summed E-state index contributed by atoms with van der Waals surface area (Å²) >= 11 is 5.92. The first-order valence-corrected chi connectivity index (χ1v) is 6.56. The minimum Gasteiger partial charge on any atom is -0.365 e. The van der Waals surface area contributed by atoms with E-state index >= 15 is 0 Å². The van der Waals surface area contributed by atoms with E-state index in [0.29, 0.717) is 5.15 Å². The van der Waals surface area contributed by atoms with Gasteiger partial charge in [-0.1, -0.05) is 35.4 Å². The molecule has 0 radical (unpaired) electrons. The summed E-state index contributed by atoms with van der Waals surface area (Å²) in [6.45, 7) is 4.03. The van der Waals surface area contributed by atoms with Gasteiger partial charge in [0.05, 0.1) is 12.2 Å². The van der Waals surface area contributed by atoms with E-state index in [2.05, 4.69) is 35.0 Å². The van der Waals surface area contributed by atoms with Gasteiger partial charge in [-0.15, -0.1) is 0 Å². The Kier molecular flexibility index (Phi) is 2.96. The number of hydrogen-bond donors (Lipinski definition) is 0. The Morgan fingerprint density at radius 3 is 3.00 bits per heavy atom. The molecule has 18 heavy (non-hydrogen) atoms. The average molecular weight is 259 g/mol. The zero-order valence-corrected chi connectivity index (χ0v) is 11.1. The second-order valence-corrected chi connectivity index (χ2v) is 5.14. The van der Waals surface area contributed by atoms with Gasteiger partial charge in [-0.2, -0.15) is 0 Å². The van der Waals surface area contributed by atoms with Crippen LogP contribution < -0.4 is 4.90 Å². The molecule has 0 N–H and O–H groups in total. The van der Waals surface area contributed by atoms with Crippen LogP contribution in [0.25, 0.3) is 0 Å². The summed E-state index contributed by atoms with van der Waals surface area (Å²) in [5.41, 5.74) is 5.13. The topological polar surface area (TPSA) is 16.1 Å². The number of anilines is 1. The van der Waals surface area contributed by atoms with Gasteiger partial charge < -0.3 is 4.90 Å². The molecule has 92 valence electrons. The highest BCUT2D eigenvalue weighted by molar-refractivity contribution is 6.29. The highest BCUT2D eigenvalue weighted by Gasteiger charge is 2.19. The standard InChI is InChI=1S/C15H15ClN2/c1-11-5-6-14-12(9-11)7-8-18(14)10-13-3-2-4-15(16)17-13/h2-6,9H,7-8,10H2,1H3. The molecule has 0 bridgehead atoms. The molecule has 0 fully saturated rings. The fraction of sp³-hybridized carbons (Fsp3) is 0.267. The molecule has 0 unspecified atom stereocenters. The fourth-order valence-electron chi connectivity index (χ4n) is 2.50. The number of aryl methyl sites for hydroxylation is 1. The Morgan fingerprint density at radius 1 is 1.28 bits per heavy atom. The van der Waals surface area contributed by atoms with Crippen LogP contribution in [0.4, 0.5) is 5.69 Å². The molecule has 3 heteroatoms. The normalized spacial score (nSPS) is 13.8. The Hall–Kier alpha value is -1.54. The summed E-state index contributed by atoms with van der Waals surface area (Å²) in [4.78, 5) is 6.72. The minimum atomic E-state index is 0.566. The van der Waals surface area contributed by atoms with Gasteiger partial charge in [0.2, 0.25) is 0 Å². The molecule has 0 spiro atoms. The molecule has 3 rings (SSSR count). The van der Waals surface area contributed by atoms with Crippen molar-refractivity contribution in [3.05, 3.63) is 58.4 Å². The van der Waals surface area contributed by atoms with Crippen molar-refractivity contribution in [1.82, 2.24) is 4.98 Å². The zero-order chi connectivity index (χ0) is 12.5. The number of nitrogens with zero attached hydrogens (tertiary/aromatic N) is 2. The minimum absolute atomic E-state index is 0.566. The highest BCUT2D eigenvalue weighted by atomic mass is 35.5. The number of aromatic nitrogens is 1. The molecule has 2 aromatic rings. The third-order valence-electron chi connectivity index (χ3n) is 3.35. The van der Waals surface area contributed by atoms with E-state index in [4.69, 9.17) is 11.6 Å². The number of benzene rings is 1. The van der Waals surface area contributed by atoms with Crippen molar-refractivity contribution in [2.75, 3.05) is 11.4 Å². The molecule has 1 aliphatic rings. The van der Waals surface area contributed by atoms with Crippen LogP contribution in [0, 0.1) is 6.92 Å². The Morgan fingerprint density at radius 2 is 2.17 bits per heavy atom. The van der Waals surface area contributed by atoms with Gasteiger partial charge in [0, 0.05) is 12.2 Å². The zero-order valence-electron chi connectivity index (χ0n) is 10.4. The molecular formula is C15H15ClN2. The van der Waals surface area contributed by atoms with E-state index in [0.717, 1.165) is 25.2 Å². The van der Waals surface area contributed by atoms with Crippen LogP contribution in [0.3, 0.4) is 0 Å². The molecule has 0 amide bonds. The maximum atomic E-state index is 5.92. The Balaban J connectivity index is 1.85. The first kappa shape index (κ1) is 11.5. The third-order valence-corrected chi connectivity index (χ3v) is 3.56. The van der Waals surface area contributed by atoms with Gasteiger partial charge in [0.25, 0.3) is 0 Å². The number of pyridine rings is 1. The van der Waals surface area contributed by atoms with Gasteiger partial charge in [0.1, 0.15) is 5.15 Å². The van der Waals surface area contributed by atoms with E-state index in [1.54, 1.807) is 0 Å². The number of fused-ring (bicyclic) bond motifs is 1. The molecule has 0 aliphatic carbocycles. The summed E-state index contributed by atoms with van der Waals surface area (Å²) in [6.07, 6.45) is 1.12. The van der Waals surface area contributed by atoms with Gasteiger partial charge in [0.15, 0.2) is 0 Å². The SMILES string of the molecule is Cc1ccc2c(c1)CCN2Cc1cccc(Cl)n1. The molecule has 0 atom stereocenters. The summed E-state index contributed by atoms with van der Waals surface area (Å²) < 4.78 is 0. The smallest absolute Gasteiger partial charge is 0.129 e. The van der Waals surface area contributed by atoms with E-state index in [1.165, 1.54) is 16.8 Å². The first-order valence-electron chi connectivity index (χ1n) is 6.18. The van der Waals surface area contributed by atoms with Crippen molar-refractivity contribution in [1.29, 1.82) is 0 Å². The summed E-state index contributed by atoms with van der Waals surface area (Å²) in [5.74, 6) is 0. The van der Waals surface area contributed by atoms with Crippen molar-refractivity contribution in [3.8, 4) is 0 Å². The maximum absolute atomic E-state index is 5.92. The predicted molar refractivity (Wildman–Crippen MR) is 75.2 cm³/mol. The maximum Gasteiger partial charge on any atom is 0.129 e. The lowest BCUT2D eigenvalue weighted by molar-refractivity contribution is 0.815. The van der Waals surface area contributed by atoms with Gasteiger partial charge >= 0.3 is 0 Å². The fourth-order valence-corrected chi connectivity index (χ4v) is 2.68. The van der Waals surface area contributed by atoms with Crippen LogP contribution >= 0.6 is 11.6 Å². The van der Waals surface area contributed by atoms with Gasteiger partial charge in [-0.3, -0.25) is 0 Å². The molecule has 0 saturated carbocycles. The van der Waals surface area contributed by atoms with Crippen molar-refractivity contribution >= 4 is 17.3 Å². The quantitative estimate of drug-likeness (QED) is 0.765. The molecule has 2 heterocycles. The van der Waals surface area contributed by atoms with Crippen molar-refractivity contribution < 1.29 is 0 Å². The van der Waals surface area contributed by atoms with Crippen molar-refractivity contribution in [3.63, 3.8) is 0 Å². The second kappa shape index (κ2) is 4.62. The van der Waals surface area contributed by atoms with E-state index < -0.39 is 0 Å². The van der Waals surface area contributed by atoms with E-state index in [9.17, 15) is 0 Å². The molecular weight excluding hydrogens is 244 g/mol. The summed E-state index contributed by atoms with van der Waals surface area (Å²) in [7, 11) is 0. The molecule has 2 nitrogen and oxygen atoms in total. The lowest BCUT2D eigenvalue weighted by Gasteiger charge is -2.19. The van der Waals surface area contributed by atoms with E-state index in [-0.39, 0.29) is 0 Å². The lowest BCUT2D eigenvalue weighted by Crippen LogP contribution is -2.20. The summed E-state index contributed by atoms with van der Waals surface area (Å²) in [6, 6.07) is 12.5. The highest BCUT2D eigenvalue weighted by Crippen LogP contribution is 2.29. The number of rotatable bonds is 2. The summed E-state index contributed by atoms with van der Waals surface area (Å²) in [5, 5.41) is 0.566. The second-order valence-electron chi connectivity index (χ2n) is 4.76. The molecule has 1 aliphatic heterocycles. The van der Waals surface area contributed by atoms with Crippen molar-refractivity contribution in [2.24, 2.45) is 0 Å². The van der Waals surface area contributed by atoms with Crippen LogP contribution in [0.15, 0.2) is 36.4 Å². The van der Waals surface area contributed by atoms with Gasteiger partial charge in [-0.25, -0.2) is 4.98 Å². The predicted octanol–water partition coefficient (Wildman–Crippen LogP) is 3.61. The first-order chi connectivity index (χ1) is 8.72. The Labute approximate surface area is 112 Å². The van der Waals surface area contributed by atoms with Crippen LogP contribution in [-0.4, -0.2) is 11.5 Å². The lowest BCUT2D eigenvalue weighted by atomic mass is 10.1. The largest absolute Gasteiger partial charge is 0.365 e. The average Bonchev–Trinajstić information content (AvgIpc) is 2.72. The van der Waals surface area contributed by atoms with Crippen LogP contribution in [-0.2, 0) is 13.0 Å². The van der Waals surface area contributed by atoms with Gasteiger partial charge in [-0.05, 0) is 37.1 Å². The van der Waals surface area contributed by atoms with E-state index in [1.807, 2.05) is 18.2 Å².